The highest BCUT2D eigenvalue weighted by molar-refractivity contribution is 9.10. The Morgan fingerprint density at radius 1 is 1.53 bits per heavy atom. The van der Waals surface area contributed by atoms with E-state index in [1.165, 1.54) is 14.9 Å². The molecule has 1 atom stereocenters. The molecule has 1 aliphatic heterocycles. The van der Waals surface area contributed by atoms with E-state index in [1.54, 1.807) is 0 Å². The third-order valence-electron chi connectivity index (χ3n) is 3.03. The second-order valence-corrected chi connectivity index (χ2v) is 6.64. The molecule has 1 aromatic rings. The Bertz CT molecular complexity index is 382. The molecule has 2 nitrogen and oxygen atoms in total. The maximum absolute atomic E-state index is 5.60. The molecular weight excluding hydrogens is 298 g/mol. The SMILES string of the molecule is CC(CCN)c1ccc(SC2COC2)c(Br)c1. The van der Waals surface area contributed by atoms with Crippen molar-refractivity contribution in [1.82, 2.24) is 0 Å². The van der Waals surface area contributed by atoms with Crippen molar-refractivity contribution in [3.05, 3.63) is 28.2 Å². The first-order valence-corrected chi connectivity index (χ1v) is 7.62. The number of hydrogen-bond donors (Lipinski definition) is 1. The largest absolute Gasteiger partial charge is 0.379 e. The van der Waals surface area contributed by atoms with Crippen molar-refractivity contribution in [2.75, 3.05) is 19.8 Å². The summed E-state index contributed by atoms with van der Waals surface area (Å²) in [6.07, 6.45) is 1.04. The molecule has 1 heterocycles. The van der Waals surface area contributed by atoms with Gasteiger partial charge in [-0.15, -0.1) is 11.8 Å². The summed E-state index contributed by atoms with van der Waals surface area (Å²) < 4.78 is 6.38. The zero-order chi connectivity index (χ0) is 12.3. The fourth-order valence-corrected chi connectivity index (χ4v) is 3.48. The van der Waals surface area contributed by atoms with E-state index < -0.39 is 0 Å². The smallest absolute Gasteiger partial charge is 0.0611 e. The van der Waals surface area contributed by atoms with Crippen molar-refractivity contribution in [2.24, 2.45) is 5.73 Å². The van der Waals surface area contributed by atoms with Gasteiger partial charge in [0.15, 0.2) is 0 Å². The molecule has 1 aliphatic rings. The lowest BCUT2D eigenvalue weighted by Gasteiger charge is -2.25. The van der Waals surface area contributed by atoms with Gasteiger partial charge in [-0.25, -0.2) is 0 Å². The molecule has 2 N–H and O–H groups in total. The minimum atomic E-state index is 0.530. The normalized spacial score (nSPS) is 17.8. The van der Waals surface area contributed by atoms with Gasteiger partial charge >= 0.3 is 0 Å². The third kappa shape index (κ3) is 3.47. The van der Waals surface area contributed by atoms with Gasteiger partial charge < -0.3 is 10.5 Å². The summed E-state index contributed by atoms with van der Waals surface area (Å²) in [7, 11) is 0. The summed E-state index contributed by atoms with van der Waals surface area (Å²) in [4.78, 5) is 1.31. The summed E-state index contributed by atoms with van der Waals surface area (Å²) in [5.41, 5.74) is 6.95. The molecule has 4 heteroatoms. The lowest BCUT2D eigenvalue weighted by atomic mass is 9.98. The van der Waals surface area contributed by atoms with E-state index >= 15 is 0 Å². The molecular formula is C13H18BrNOS. The van der Waals surface area contributed by atoms with E-state index in [9.17, 15) is 0 Å². The van der Waals surface area contributed by atoms with Crippen molar-refractivity contribution in [2.45, 2.75) is 29.4 Å². The molecule has 1 saturated heterocycles. The molecule has 0 radical (unpaired) electrons. The van der Waals surface area contributed by atoms with E-state index in [1.807, 2.05) is 11.8 Å². The van der Waals surface area contributed by atoms with Gasteiger partial charge in [0, 0.05) is 9.37 Å². The summed E-state index contributed by atoms with van der Waals surface area (Å²) in [5, 5.41) is 0.624. The first-order chi connectivity index (χ1) is 8.20. The number of rotatable bonds is 5. The van der Waals surface area contributed by atoms with Gasteiger partial charge in [-0.2, -0.15) is 0 Å². The predicted molar refractivity (Wildman–Crippen MR) is 76.7 cm³/mol. The van der Waals surface area contributed by atoms with Gasteiger partial charge in [0.2, 0.25) is 0 Å². The number of nitrogens with two attached hydrogens (primary N) is 1. The van der Waals surface area contributed by atoms with Gasteiger partial charge in [-0.3, -0.25) is 0 Å². The lowest BCUT2D eigenvalue weighted by Crippen LogP contribution is -2.30. The fraction of sp³-hybridized carbons (Fsp3) is 0.538. The maximum Gasteiger partial charge on any atom is 0.0611 e. The van der Waals surface area contributed by atoms with Gasteiger partial charge in [0.25, 0.3) is 0 Å². The summed E-state index contributed by atoms with van der Waals surface area (Å²) >= 11 is 5.55. The first-order valence-electron chi connectivity index (χ1n) is 5.94. The van der Waals surface area contributed by atoms with Crippen LogP contribution in [-0.4, -0.2) is 25.0 Å². The molecule has 1 fully saturated rings. The summed E-state index contributed by atoms with van der Waals surface area (Å²) in [6.45, 7) is 4.72. The van der Waals surface area contributed by atoms with Crippen LogP contribution in [0.5, 0.6) is 0 Å². The molecule has 2 rings (SSSR count). The van der Waals surface area contributed by atoms with Crippen LogP contribution in [-0.2, 0) is 4.74 Å². The average molecular weight is 316 g/mol. The second kappa shape index (κ2) is 6.23. The lowest BCUT2D eigenvalue weighted by molar-refractivity contribution is 0.0455. The molecule has 0 amide bonds. The number of ether oxygens (including phenoxy) is 1. The quantitative estimate of drug-likeness (QED) is 0.904. The fourth-order valence-electron chi connectivity index (χ4n) is 1.80. The van der Waals surface area contributed by atoms with E-state index in [0.29, 0.717) is 11.2 Å². The minimum absolute atomic E-state index is 0.530. The molecule has 0 saturated carbocycles. The van der Waals surface area contributed by atoms with Gasteiger partial charge in [0.05, 0.1) is 18.5 Å². The van der Waals surface area contributed by atoms with Crippen LogP contribution in [0.2, 0.25) is 0 Å². The van der Waals surface area contributed by atoms with Crippen molar-refractivity contribution >= 4 is 27.7 Å². The molecule has 17 heavy (non-hydrogen) atoms. The molecule has 1 unspecified atom stereocenters. The number of halogens is 1. The molecule has 1 aromatic carbocycles. The first kappa shape index (κ1) is 13.4. The Morgan fingerprint density at radius 2 is 2.29 bits per heavy atom. The van der Waals surface area contributed by atoms with Crippen LogP contribution in [0, 0.1) is 0 Å². The maximum atomic E-state index is 5.60. The van der Waals surface area contributed by atoms with Crippen LogP contribution < -0.4 is 5.73 Å². The van der Waals surface area contributed by atoms with Crippen LogP contribution in [0.3, 0.4) is 0 Å². The Kier molecular flexibility index (Phi) is 4.91. The number of benzene rings is 1. The van der Waals surface area contributed by atoms with Gasteiger partial charge in [0.1, 0.15) is 0 Å². The topological polar surface area (TPSA) is 35.2 Å². The van der Waals surface area contributed by atoms with E-state index in [-0.39, 0.29) is 0 Å². The molecule has 0 aliphatic carbocycles. The molecule has 0 bridgehead atoms. The van der Waals surface area contributed by atoms with Crippen LogP contribution in [0.1, 0.15) is 24.8 Å². The standard InChI is InChI=1S/C13H18BrNOS/c1-9(4-5-15)10-2-3-13(12(14)6-10)17-11-7-16-8-11/h2-3,6,9,11H,4-5,7-8,15H2,1H3. The van der Waals surface area contributed by atoms with Crippen molar-refractivity contribution in [1.29, 1.82) is 0 Å². The zero-order valence-electron chi connectivity index (χ0n) is 9.99. The van der Waals surface area contributed by atoms with Crippen LogP contribution >= 0.6 is 27.7 Å². The molecule has 94 valence electrons. The van der Waals surface area contributed by atoms with Crippen molar-refractivity contribution in [3.63, 3.8) is 0 Å². The summed E-state index contributed by atoms with van der Waals surface area (Å²) in [5.74, 6) is 0.530. The van der Waals surface area contributed by atoms with Crippen molar-refractivity contribution in [3.8, 4) is 0 Å². The Labute approximate surface area is 115 Å². The number of hydrogen-bond acceptors (Lipinski definition) is 3. The molecule has 0 spiro atoms. The zero-order valence-corrected chi connectivity index (χ0v) is 12.4. The third-order valence-corrected chi connectivity index (χ3v) is 5.16. The van der Waals surface area contributed by atoms with E-state index in [2.05, 4.69) is 41.1 Å². The van der Waals surface area contributed by atoms with Gasteiger partial charge in [-0.1, -0.05) is 13.0 Å². The Balaban J connectivity index is 2.04. The predicted octanol–water partition coefficient (Wildman–Crippen LogP) is 3.39. The monoisotopic (exact) mass is 315 g/mol. The summed E-state index contributed by atoms with van der Waals surface area (Å²) in [6, 6.07) is 6.64. The number of thioether (sulfide) groups is 1. The molecule has 0 aromatic heterocycles. The highest BCUT2D eigenvalue weighted by Gasteiger charge is 2.20. The van der Waals surface area contributed by atoms with Gasteiger partial charge in [-0.05, 0) is 52.5 Å². The average Bonchev–Trinajstić information content (AvgIpc) is 2.25. The minimum Gasteiger partial charge on any atom is -0.379 e. The highest BCUT2D eigenvalue weighted by atomic mass is 79.9. The Morgan fingerprint density at radius 3 is 2.82 bits per heavy atom. The van der Waals surface area contributed by atoms with Crippen LogP contribution in [0.25, 0.3) is 0 Å². The highest BCUT2D eigenvalue weighted by Crippen LogP contribution is 2.35. The van der Waals surface area contributed by atoms with Crippen molar-refractivity contribution < 1.29 is 4.74 Å². The van der Waals surface area contributed by atoms with Crippen LogP contribution in [0.4, 0.5) is 0 Å². The van der Waals surface area contributed by atoms with Crippen LogP contribution in [0.15, 0.2) is 27.6 Å². The Hall–Kier alpha value is -0.0300. The van der Waals surface area contributed by atoms with E-state index in [0.717, 1.165) is 26.2 Å². The second-order valence-electron chi connectivity index (χ2n) is 4.45. The van der Waals surface area contributed by atoms with E-state index in [4.69, 9.17) is 10.5 Å².